The van der Waals surface area contributed by atoms with Crippen molar-refractivity contribution in [2.75, 3.05) is 13.1 Å². The molecule has 7 nitrogen and oxygen atoms in total. The minimum absolute atomic E-state index is 0.0658. The zero-order chi connectivity index (χ0) is 21.2. The van der Waals surface area contributed by atoms with Gasteiger partial charge in [-0.15, -0.1) is 5.10 Å². The average Bonchev–Trinajstić information content (AvgIpc) is 3.11. The van der Waals surface area contributed by atoms with Gasteiger partial charge in [-0.2, -0.15) is 0 Å². The van der Waals surface area contributed by atoms with Crippen LogP contribution in [-0.4, -0.2) is 50.0 Å². The Kier molecular flexibility index (Phi) is 6.05. The van der Waals surface area contributed by atoms with Gasteiger partial charge in [0.05, 0.1) is 17.3 Å². The molecule has 0 unspecified atom stereocenters. The second-order valence-electron chi connectivity index (χ2n) is 8.75. The zero-order valence-electron chi connectivity index (χ0n) is 17.7. The van der Waals surface area contributed by atoms with E-state index in [9.17, 15) is 9.59 Å². The quantitative estimate of drug-likeness (QED) is 0.833. The molecular formula is C22H30N4O3. The lowest BCUT2D eigenvalue weighted by molar-refractivity contribution is -0.143. The molecule has 1 fully saturated rings. The third-order valence-corrected chi connectivity index (χ3v) is 5.56. The number of aliphatic carboxylic acids is 1. The van der Waals surface area contributed by atoms with E-state index in [0.717, 1.165) is 17.8 Å². The normalized spacial score (nSPS) is 15.5. The standard InChI is InChI=1S/C22H30N4O3/c1-5-6-18-19(20(27)25-13-11-15(12-14-25)21(28)29)23-24-26(18)17-9-7-16(8-10-17)22(2,3)4/h7-10,15H,5-6,11-14H2,1-4H3,(H,28,29). The van der Waals surface area contributed by atoms with Gasteiger partial charge >= 0.3 is 5.97 Å². The van der Waals surface area contributed by atoms with Gasteiger partial charge < -0.3 is 10.0 Å². The summed E-state index contributed by atoms with van der Waals surface area (Å²) < 4.78 is 1.76. The van der Waals surface area contributed by atoms with Crippen LogP contribution in [-0.2, 0) is 16.6 Å². The molecule has 0 saturated carbocycles. The molecular weight excluding hydrogens is 368 g/mol. The van der Waals surface area contributed by atoms with Gasteiger partial charge in [0.2, 0.25) is 0 Å². The first-order valence-electron chi connectivity index (χ1n) is 10.3. The first kappa shape index (κ1) is 21.0. The Bertz CT molecular complexity index is 872. The third-order valence-electron chi connectivity index (χ3n) is 5.56. The monoisotopic (exact) mass is 398 g/mol. The fourth-order valence-electron chi connectivity index (χ4n) is 3.72. The minimum Gasteiger partial charge on any atom is -0.481 e. The van der Waals surface area contributed by atoms with Crippen LogP contribution in [0.25, 0.3) is 5.69 Å². The van der Waals surface area contributed by atoms with Gasteiger partial charge in [0, 0.05) is 13.1 Å². The Balaban J connectivity index is 1.85. The minimum atomic E-state index is -0.784. The van der Waals surface area contributed by atoms with E-state index in [2.05, 4.69) is 50.1 Å². The van der Waals surface area contributed by atoms with Crippen LogP contribution in [0.15, 0.2) is 24.3 Å². The molecule has 0 bridgehead atoms. The summed E-state index contributed by atoms with van der Waals surface area (Å²) in [4.78, 5) is 25.9. The number of likely N-dealkylation sites (tertiary alicyclic amines) is 1. The van der Waals surface area contributed by atoms with Crippen molar-refractivity contribution in [1.29, 1.82) is 0 Å². The van der Waals surface area contributed by atoms with E-state index in [1.807, 2.05) is 12.1 Å². The Morgan fingerprint density at radius 2 is 1.76 bits per heavy atom. The van der Waals surface area contributed by atoms with Crippen LogP contribution < -0.4 is 0 Å². The summed E-state index contributed by atoms with van der Waals surface area (Å²) in [5.41, 5.74) is 3.37. The summed E-state index contributed by atoms with van der Waals surface area (Å²) in [6, 6.07) is 8.21. The number of carboxylic acids is 1. The smallest absolute Gasteiger partial charge is 0.306 e. The summed E-state index contributed by atoms with van der Waals surface area (Å²) >= 11 is 0. The fourth-order valence-corrected chi connectivity index (χ4v) is 3.72. The van der Waals surface area contributed by atoms with Gasteiger partial charge in [-0.05, 0) is 42.4 Å². The number of piperidine rings is 1. The van der Waals surface area contributed by atoms with E-state index >= 15 is 0 Å². The van der Waals surface area contributed by atoms with Crippen molar-refractivity contribution >= 4 is 11.9 Å². The zero-order valence-corrected chi connectivity index (χ0v) is 17.7. The lowest BCUT2D eigenvalue weighted by Crippen LogP contribution is -2.40. The van der Waals surface area contributed by atoms with Crippen molar-refractivity contribution in [3.05, 3.63) is 41.2 Å². The molecule has 3 rings (SSSR count). The molecule has 1 aromatic heterocycles. The second kappa shape index (κ2) is 8.35. The lowest BCUT2D eigenvalue weighted by Gasteiger charge is -2.29. The Hall–Kier alpha value is -2.70. The molecule has 29 heavy (non-hydrogen) atoms. The Labute approximate surface area is 171 Å². The molecule has 0 radical (unpaired) electrons. The number of nitrogens with zero attached hydrogens (tertiary/aromatic N) is 4. The number of benzene rings is 1. The van der Waals surface area contributed by atoms with E-state index in [1.54, 1.807) is 9.58 Å². The molecule has 1 saturated heterocycles. The summed E-state index contributed by atoms with van der Waals surface area (Å²) in [7, 11) is 0. The first-order chi connectivity index (χ1) is 13.7. The van der Waals surface area contributed by atoms with Gasteiger partial charge in [0.25, 0.3) is 5.91 Å². The van der Waals surface area contributed by atoms with Crippen molar-refractivity contribution in [2.45, 2.75) is 58.8 Å². The molecule has 1 aromatic carbocycles. The average molecular weight is 399 g/mol. The van der Waals surface area contributed by atoms with Crippen LogP contribution in [0.1, 0.15) is 68.7 Å². The van der Waals surface area contributed by atoms with Crippen LogP contribution >= 0.6 is 0 Å². The molecule has 1 amide bonds. The molecule has 0 atom stereocenters. The highest BCUT2D eigenvalue weighted by atomic mass is 16.4. The molecule has 1 aliphatic heterocycles. The van der Waals surface area contributed by atoms with Crippen molar-refractivity contribution in [3.63, 3.8) is 0 Å². The third kappa shape index (κ3) is 4.49. The van der Waals surface area contributed by atoms with Crippen LogP contribution in [0.4, 0.5) is 0 Å². The van der Waals surface area contributed by atoms with Crippen molar-refractivity contribution in [1.82, 2.24) is 19.9 Å². The van der Waals surface area contributed by atoms with E-state index in [0.29, 0.717) is 38.0 Å². The molecule has 1 N–H and O–H groups in total. The largest absolute Gasteiger partial charge is 0.481 e. The highest BCUT2D eigenvalue weighted by molar-refractivity contribution is 5.93. The Morgan fingerprint density at radius 3 is 2.28 bits per heavy atom. The number of aromatic nitrogens is 3. The summed E-state index contributed by atoms with van der Waals surface area (Å²) in [6.07, 6.45) is 2.52. The molecule has 2 aromatic rings. The number of carbonyl (C=O) groups excluding carboxylic acids is 1. The second-order valence-corrected chi connectivity index (χ2v) is 8.75. The maximum absolute atomic E-state index is 13.1. The first-order valence-corrected chi connectivity index (χ1v) is 10.3. The SMILES string of the molecule is CCCc1c(C(=O)N2CCC(C(=O)O)CC2)nnn1-c1ccc(C(C)(C)C)cc1. The summed E-state index contributed by atoms with van der Waals surface area (Å²) in [6.45, 7) is 9.45. The van der Waals surface area contributed by atoms with Gasteiger partial charge in [0.1, 0.15) is 0 Å². The van der Waals surface area contributed by atoms with Crippen molar-refractivity contribution < 1.29 is 14.7 Å². The fraction of sp³-hybridized carbons (Fsp3) is 0.545. The number of carbonyl (C=O) groups is 2. The van der Waals surface area contributed by atoms with Crippen molar-refractivity contribution in [2.24, 2.45) is 5.92 Å². The predicted octanol–water partition coefficient (Wildman–Crippen LogP) is 3.45. The van der Waals surface area contributed by atoms with E-state index in [1.165, 1.54) is 5.56 Å². The van der Waals surface area contributed by atoms with E-state index in [-0.39, 0.29) is 17.2 Å². The maximum Gasteiger partial charge on any atom is 0.306 e. The molecule has 0 aliphatic carbocycles. The molecule has 0 spiro atoms. The van der Waals surface area contributed by atoms with E-state index in [4.69, 9.17) is 5.11 Å². The summed E-state index contributed by atoms with van der Waals surface area (Å²) in [5.74, 6) is -1.31. The number of rotatable bonds is 5. The van der Waals surface area contributed by atoms with Gasteiger partial charge in [-0.3, -0.25) is 9.59 Å². The van der Waals surface area contributed by atoms with Gasteiger partial charge in [0.15, 0.2) is 5.69 Å². The van der Waals surface area contributed by atoms with Gasteiger partial charge in [-0.1, -0.05) is 51.5 Å². The molecule has 1 aliphatic rings. The number of hydrogen-bond donors (Lipinski definition) is 1. The van der Waals surface area contributed by atoms with Gasteiger partial charge in [-0.25, -0.2) is 4.68 Å². The number of amides is 1. The van der Waals surface area contributed by atoms with E-state index < -0.39 is 5.97 Å². The van der Waals surface area contributed by atoms with Crippen molar-refractivity contribution in [3.8, 4) is 5.69 Å². The topological polar surface area (TPSA) is 88.3 Å². The van der Waals surface area contributed by atoms with Crippen LogP contribution in [0, 0.1) is 5.92 Å². The highest BCUT2D eigenvalue weighted by Gasteiger charge is 2.30. The van der Waals surface area contributed by atoms with Crippen LogP contribution in [0.3, 0.4) is 0 Å². The molecule has 7 heteroatoms. The Morgan fingerprint density at radius 1 is 1.14 bits per heavy atom. The van der Waals surface area contributed by atoms with Crippen LogP contribution in [0.5, 0.6) is 0 Å². The predicted molar refractivity (Wildman–Crippen MR) is 110 cm³/mol. The number of hydrogen-bond acceptors (Lipinski definition) is 4. The van der Waals surface area contributed by atoms with Crippen LogP contribution in [0.2, 0.25) is 0 Å². The molecule has 2 heterocycles. The highest BCUT2D eigenvalue weighted by Crippen LogP contribution is 2.25. The number of carboxylic acid groups (broad SMARTS) is 1. The maximum atomic E-state index is 13.1. The summed E-state index contributed by atoms with van der Waals surface area (Å²) in [5, 5.41) is 17.7. The lowest BCUT2D eigenvalue weighted by atomic mass is 9.87. The molecule has 156 valence electrons.